The second-order valence-electron chi connectivity index (χ2n) is 9.99. The molecule has 0 spiro atoms. The summed E-state index contributed by atoms with van der Waals surface area (Å²) in [6.45, 7) is 7.15. The molecule has 0 fully saturated rings. The lowest BCUT2D eigenvalue weighted by molar-refractivity contribution is -0.000450. The molecule has 10 heteroatoms. The van der Waals surface area contributed by atoms with E-state index in [2.05, 4.69) is 10.0 Å². The van der Waals surface area contributed by atoms with Gasteiger partial charge in [0.2, 0.25) is 0 Å². The maximum absolute atomic E-state index is 14.0. The first-order valence-corrected chi connectivity index (χ1v) is 14.7. The zero-order valence-corrected chi connectivity index (χ0v) is 23.5. The molecule has 0 saturated heterocycles. The smallest absolute Gasteiger partial charge is 0.261 e. The molecular weight excluding hydrogens is 506 g/mol. The summed E-state index contributed by atoms with van der Waals surface area (Å²) in [6, 6.07) is 12.3. The number of fused-ring (bicyclic) bond motifs is 1. The molecule has 2 aromatic rings. The molecule has 0 radical (unpaired) electrons. The number of ether oxygens (including phenoxy) is 2. The van der Waals surface area contributed by atoms with Crippen molar-refractivity contribution in [1.82, 2.24) is 10.2 Å². The standard InChI is InChI=1S/C28H41N3O6S/c1-20-18-31(21(2)19-32)28(33)25-16-23(30-38(34,35)24-11-6-5-7-12-24)13-14-26(25)37-22(3)10-8-9-15-36-27(20)17-29-4/h5-7,11-14,16,20-22,27,29-30,32H,8-10,15,17-19H2,1-4H3/t20-,21+,22-,27-/m0/s1. The zero-order chi connectivity index (χ0) is 27.7. The van der Waals surface area contributed by atoms with Crippen LogP contribution in [0.4, 0.5) is 5.69 Å². The van der Waals surface area contributed by atoms with Crippen LogP contribution in [0.5, 0.6) is 5.75 Å². The van der Waals surface area contributed by atoms with Gasteiger partial charge in [0.15, 0.2) is 0 Å². The van der Waals surface area contributed by atoms with Crippen LogP contribution in [0.25, 0.3) is 0 Å². The van der Waals surface area contributed by atoms with Crippen molar-refractivity contribution >= 4 is 21.6 Å². The first-order chi connectivity index (χ1) is 18.2. The van der Waals surface area contributed by atoms with Crippen molar-refractivity contribution in [3.63, 3.8) is 0 Å². The van der Waals surface area contributed by atoms with Crippen molar-refractivity contribution in [3.8, 4) is 5.75 Å². The molecule has 9 nitrogen and oxygen atoms in total. The Morgan fingerprint density at radius 2 is 1.87 bits per heavy atom. The zero-order valence-electron chi connectivity index (χ0n) is 22.7. The van der Waals surface area contributed by atoms with Gasteiger partial charge in [0.05, 0.1) is 35.3 Å². The van der Waals surface area contributed by atoms with Crippen molar-refractivity contribution in [2.24, 2.45) is 5.92 Å². The van der Waals surface area contributed by atoms with Gasteiger partial charge >= 0.3 is 0 Å². The number of hydrogen-bond acceptors (Lipinski definition) is 7. The molecule has 210 valence electrons. The van der Waals surface area contributed by atoms with Crippen LogP contribution in [0.2, 0.25) is 0 Å². The van der Waals surface area contributed by atoms with Crippen molar-refractivity contribution < 1.29 is 27.8 Å². The van der Waals surface area contributed by atoms with Crippen LogP contribution in [0, 0.1) is 5.92 Å². The maximum Gasteiger partial charge on any atom is 0.261 e. The van der Waals surface area contributed by atoms with Gasteiger partial charge in [-0.3, -0.25) is 9.52 Å². The lowest BCUT2D eigenvalue weighted by Gasteiger charge is -2.34. The molecule has 38 heavy (non-hydrogen) atoms. The Bertz CT molecular complexity index is 1140. The summed E-state index contributed by atoms with van der Waals surface area (Å²) in [5.41, 5.74) is 0.486. The summed E-state index contributed by atoms with van der Waals surface area (Å²) in [6.07, 6.45) is 2.31. The number of nitrogens with zero attached hydrogens (tertiary/aromatic N) is 1. The van der Waals surface area contributed by atoms with E-state index < -0.39 is 16.1 Å². The number of sulfonamides is 1. The van der Waals surface area contributed by atoms with Gasteiger partial charge in [0.1, 0.15) is 5.75 Å². The Hall–Kier alpha value is -2.66. The van der Waals surface area contributed by atoms with Crippen LogP contribution in [-0.4, -0.2) is 75.9 Å². The van der Waals surface area contributed by atoms with E-state index in [1.807, 2.05) is 20.9 Å². The molecule has 0 aromatic heterocycles. The predicted octanol–water partition coefficient (Wildman–Crippen LogP) is 3.50. The van der Waals surface area contributed by atoms with Gasteiger partial charge in [-0.15, -0.1) is 0 Å². The molecule has 1 aliphatic rings. The van der Waals surface area contributed by atoms with Crippen LogP contribution in [0.1, 0.15) is 50.4 Å². The van der Waals surface area contributed by atoms with Gasteiger partial charge in [0.25, 0.3) is 15.9 Å². The van der Waals surface area contributed by atoms with Crippen molar-refractivity contribution in [2.75, 3.05) is 38.1 Å². The van der Waals surface area contributed by atoms with E-state index in [-0.39, 0.29) is 46.8 Å². The lowest BCUT2D eigenvalue weighted by Crippen LogP contribution is -2.47. The van der Waals surface area contributed by atoms with E-state index in [9.17, 15) is 18.3 Å². The highest BCUT2D eigenvalue weighted by atomic mass is 32.2. The normalized spacial score (nSPS) is 22.6. The van der Waals surface area contributed by atoms with E-state index in [0.29, 0.717) is 25.4 Å². The van der Waals surface area contributed by atoms with Crippen LogP contribution in [0.3, 0.4) is 0 Å². The topological polar surface area (TPSA) is 117 Å². The summed E-state index contributed by atoms with van der Waals surface area (Å²) < 4.78 is 40.8. The first kappa shape index (κ1) is 29.9. The largest absolute Gasteiger partial charge is 0.490 e. The Morgan fingerprint density at radius 1 is 1.13 bits per heavy atom. The molecular formula is C28H41N3O6S. The number of aliphatic hydroxyl groups is 1. The summed E-state index contributed by atoms with van der Waals surface area (Å²) in [7, 11) is -1.98. The van der Waals surface area contributed by atoms with E-state index in [4.69, 9.17) is 9.47 Å². The van der Waals surface area contributed by atoms with Crippen molar-refractivity contribution in [1.29, 1.82) is 0 Å². The monoisotopic (exact) mass is 547 g/mol. The third-order valence-electron chi connectivity index (χ3n) is 6.76. The summed E-state index contributed by atoms with van der Waals surface area (Å²) in [4.78, 5) is 15.7. The molecule has 3 N–H and O–H groups in total. The quantitative estimate of drug-likeness (QED) is 0.486. The molecule has 4 atom stereocenters. The highest BCUT2D eigenvalue weighted by Gasteiger charge is 2.30. The van der Waals surface area contributed by atoms with Gasteiger partial charge in [0, 0.05) is 31.3 Å². The fourth-order valence-corrected chi connectivity index (χ4v) is 5.56. The van der Waals surface area contributed by atoms with Gasteiger partial charge < -0.3 is 24.8 Å². The molecule has 0 bridgehead atoms. The van der Waals surface area contributed by atoms with E-state index in [1.165, 1.54) is 18.2 Å². The maximum atomic E-state index is 14.0. The number of amides is 1. The van der Waals surface area contributed by atoms with Crippen LogP contribution in [-0.2, 0) is 14.8 Å². The number of aliphatic hydroxyl groups excluding tert-OH is 1. The average Bonchev–Trinajstić information content (AvgIpc) is 2.90. The minimum absolute atomic E-state index is 0.0219. The summed E-state index contributed by atoms with van der Waals surface area (Å²) in [5, 5.41) is 13.2. The van der Waals surface area contributed by atoms with Crippen LogP contribution < -0.4 is 14.8 Å². The molecule has 1 amide bonds. The minimum Gasteiger partial charge on any atom is -0.490 e. The molecule has 0 unspecified atom stereocenters. The highest BCUT2D eigenvalue weighted by Crippen LogP contribution is 2.29. The Labute approximate surface area is 226 Å². The molecule has 3 rings (SSSR count). The molecule has 0 aliphatic carbocycles. The van der Waals surface area contributed by atoms with Gasteiger partial charge in [-0.2, -0.15) is 0 Å². The van der Waals surface area contributed by atoms with E-state index in [1.54, 1.807) is 42.2 Å². The molecule has 2 aromatic carbocycles. The summed E-state index contributed by atoms with van der Waals surface area (Å²) >= 11 is 0. The Kier molecular flexibility index (Phi) is 11.0. The number of anilines is 1. The number of hydrogen-bond donors (Lipinski definition) is 3. The van der Waals surface area contributed by atoms with Gasteiger partial charge in [-0.25, -0.2) is 8.42 Å². The second-order valence-corrected chi connectivity index (χ2v) is 11.7. The van der Waals surface area contributed by atoms with Gasteiger partial charge in [-0.05, 0) is 70.5 Å². The third kappa shape index (κ3) is 7.92. The lowest BCUT2D eigenvalue weighted by atomic mass is 10.0. The Morgan fingerprint density at radius 3 is 2.55 bits per heavy atom. The Balaban J connectivity index is 2.02. The van der Waals surface area contributed by atoms with E-state index >= 15 is 0 Å². The van der Waals surface area contributed by atoms with E-state index in [0.717, 1.165) is 19.3 Å². The fraction of sp³-hybridized carbons (Fsp3) is 0.536. The van der Waals surface area contributed by atoms with Crippen LogP contribution in [0.15, 0.2) is 53.4 Å². The predicted molar refractivity (Wildman–Crippen MR) is 148 cm³/mol. The SMILES string of the molecule is CNC[C@@H]1OCCCC[C@H](C)Oc2ccc(NS(=O)(=O)c3ccccc3)cc2C(=O)N([C@H](C)CO)C[C@@H]1C. The number of carbonyl (C=O) groups excluding carboxylic acids is 1. The van der Waals surface area contributed by atoms with Crippen molar-refractivity contribution in [2.45, 2.75) is 63.2 Å². The molecule has 1 aliphatic heterocycles. The second kappa shape index (κ2) is 13.9. The number of rotatable bonds is 7. The summed E-state index contributed by atoms with van der Waals surface area (Å²) in [5.74, 6) is 0.0149. The first-order valence-electron chi connectivity index (χ1n) is 13.2. The van der Waals surface area contributed by atoms with Gasteiger partial charge in [-0.1, -0.05) is 25.1 Å². The van der Waals surface area contributed by atoms with Crippen molar-refractivity contribution in [3.05, 3.63) is 54.1 Å². The third-order valence-corrected chi connectivity index (χ3v) is 8.16. The fourth-order valence-electron chi connectivity index (χ4n) is 4.49. The van der Waals surface area contributed by atoms with Crippen LogP contribution >= 0.6 is 0 Å². The number of nitrogens with one attached hydrogen (secondary N) is 2. The number of benzene rings is 2. The highest BCUT2D eigenvalue weighted by molar-refractivity contribution is 7.92. The average molecular weight is 548 g/mol. The molecule has 0 saturated carbocycles. The minimum atomic E-state index is -3.85. The number of likely N-dealkylation sites (N-methyl/N-ethyl adjacent to an activating group) is 1. The number of carbonyl (C=O) groups is 1. The molecule has 1 heterocycles.